The molecule has 5 aromatic carbocycles. The first-order valence-electron chi connectivity index (χ1n) is 25.8. The van der Waals surface area contributed by atoms with E-state index in [-0.39, 0.29) is 69.4 Å². The van der Waals surface area contributed by atoms with Crippen molar-refractivity contribution >= 4 is 14.6 Å². The van der Waals surface area contributed by atoms with Crippen molar-refractivity contribution in [1.82, 2.24) is 19.5 Å². The molecule has 5 atom stereocenters. The molecule has 0 spiro atoms. The van der Waals surface area contributed by atoms with Gasteiger partial charge in [0.2, 0.25) is 0 Å². The molecule has 1 amide bonds. The van der Waals surface area contributed by atoms with Crippen LogP contribution >= 0.6 is 8.53 Å². The van der Waals surface area contributed by atoms with E-state index < -0.39 is 55.0 Å². The van der Waals surface area contributed by atoms with Crippen molar-refractivity contribution < 1.29 is 42.3 Å². The Balaban J connectivity index is 1.13. The number of hydrogen-bond donors (Lipinski definition) is 2. The summed E-state index contributed by atoms with van der Waals surface area (Å²) in [6, 6.07) is 43.6. The van der Waals surface area contributed by atoms with Crippen molar-refractivity contribution in [3.8, 4) is 28.7 Å². The lowest BCUT2D eigenvalue weighted by atomic mass is 9.78. The maximum Gasteiger partial charge on any atom is 0.407 e. The highest BCUT2D eigenvalue weighted by molar-refractivity contribution is 7.44. The van der Waals surface area contributed by atoms with Crippen molar-refractivity contribution in [2.75, 3.05) is 47.2 Å². The molecule has 2 N–H and O–H groups in total. The van der Waals surface area contributed by atoms with E-state index in [1.165, 1.54) is 10.8 Å². The van der Waals surface area contributed by atoms with Crippen molar-refractivity contribution in [2.24, 2.45) is 0 Å². The summed E-state index contributed by atoms with van der Waals surface area (Å²) in [6.07, 6.45) is -0.661. The monoisotopic (exact) mass is 1050 g/mol. The number of H-pyrrole nitrogens is 1. The highest BCUT2D eigenvalue weighted by Crippen LogP contribution is 2.63. The van der Waals surface area contributed by atoms with E-state index in [2.05, 4.69) is 73.0 Å². The molecule has 398 valence electrons. The van der Waals surface area contributed by atoms with Crippen LogP contribution in [-0.2, 0) is 33.6 Å². The van der Waals surface area contributed by atoms with Crippen LogP contribution in [0.5, 0.6) is 11.5 Å². The fourth-order valence-corrected chi connectivity index (χ4v) is 13.0. The van der Waals surface area contributed by atoms with E-state index in [0.717, 1.165) is 38.9 Å². The molecule has 1 unspecified atom stereocenters. The van der Waals surface area contributed by atoms with Gasteiger partial charge in [-0.3, -0.25) is 14.3 Å². The van der Waals surface area contributed by atoms with E-state index >= 15 is 0 Å². The summed E-state index contributed by atoms with van der Waals surface area (Å²) in [5.41, 5.74) is 1.51. The summed E-state index contributed by atoms with van der Waals surface area (Å²) >= 11 is 0. The molecule has 0 saturated carbocycles. The summed E-state index contributed by atoms with van der Waals surface area (Å²) < 4.78 is 57.0. The first kappa shape index (κ1) is 54.1. The summed E-state index contributed by atoms with van der Waals surface area (Å²) in [5.74, 6) is 1.18. The molecule has 2 bridgehead atoms. The molecule has 1 aliphatic carbocycles. The van der Waals surface area contributed by atoms with Crippen LogP contribution < -0.4 is 26.0 Å². The number of benzene rings is 5. The Morgan fingerprint density at radius 3 is 2.01 bits per heavy atom. The maximum atomic E-state index is 14.0. The number of aromatic amines is 1. The zero-order valence-electron chi connectivity index (χ0n) is 44.0. The number of aromatic nitrogens is 2. The van der Waals surface area contributed by atoms with Crippen molar-refractivity contribution in [3.05, 3.63) is 188 Å². The van der Waals surface area contributed by atoms with Gasteiger partial charge in [-0.15, -0.1) is 0 Å². The van der Waals surface area contributed by atoms with E-state index in [0.29, 0.717) is 17.9 Å². The third kappa shape index (κ3) is 10.3. The Morgan fingerprint density at radius 2 is 1.43 bits per heavy atom. The molecule has 2 fully saturated rings. The van der Waals surface area contributed by atoms with Gasteiger partial charge in [0.05, 0.1) is 46.5 Å². The number of methoxy groups -OCH3 is 2. The minimum Gasteiger partial charge on any atom is -0.497 e. The van der Waals surface area contributed by atoms with Crippen LogP contribution in [-0.4, -0.2) is 96.9 Å². The molecule has 16 nitrogen and oxygen atoms in total. The third-order valence-corrected chi connectivity index (χ3v) is 16.9. The molecule has 2 saturated heterocycles. The fourth-order valence-electron chi connectivity index (χ4n) is 11.1. The van der Waals surface area contributed by atoms with Crippen molar-refractivity contribution in [1.29, 1.82) is 5.26 Å². The van der Waals surface area contributed by atoms with Crippen LogP contribution in [0.1, 0.15) is 92.5 Å². The average Bonchev–Trinajstić information content (AvgIpc) is 4.09. The minimum atomic E-state index is -2.01. The van der Waals surface area contributed by atoms with Gasteiger partial charge in [-0.2, -0.15) is 5.26 Å². The number of aryl methyl sites for hydroxylation is 1. The van der Waals surface area contributed by atoms with Gasteiger partial charge in [-0.25, -0.2) is 14.3 Å². The Bertz CT molecular complexity index is 3030. The van der Waals surface area contributed by atoms with Crippen LogP contribution in [0.4, 0.5) is 4.79 Å². The number of nitriles is 1. The number of hydrogen-bond acceptors (Lipinski definition) is 13. The number of carbonyl (C=O) groups excluding carboxylic acids is 1. The van der Waals surface area contributed by atoms with Gasteiger partial charge in [-0.1, -0.05) is 103 Å². The summed E-state index contributed by atoms with van der Waals surface area (Å²) in [6.45, 7) is 9.95. The second-order valence-electron chi connectivity index (χ2n) is 19.9. The van der Waals surface area contributed by atoms with Gasteiger partial charge in [0, 0.05) is 36.3 Å². The first-order valence-corrected chi connectivity index (χ1v) is 26.9. The molecule has 3 aliphatic rings. The molecule has 76 heavy (non-hydrogen) atoms. The van der Waals surface area contributed by atoms with Crippen LogP contribution in [0, 0.1) is 18.3 Å². The van der Waals surface area contributed by atoms with Crippen LogP contribution in [0.3, 0.4) is 0 Å². The number of alkyl carbamates (subject to hydrolysis) is 1. The highest BCUT2D eigenvalue weighted by Gasteiger charge is 2.74. The zero-order chi connectivity index (χ0) is 53.6. The topological polar surface area (TPSA) is 185 Å². The SMILES string of the molecule is COc1ccc(C(OC[C@@]23CO[C@@H]([C@H](n4cc(C)c(=O)[nH]c4=O)O2)[C@]3(CCCNC(=O)OCC2c3ccccc3-c3ccccc32)OP(OCCC#N)N(C(C)C)C(C)C)(c2ccccc2)c2ccc(OC)cc2)cc1. The van der Waals surface area contributed by atoms with Gasteiger partial charge < -0.3 is 42.8 Å². The molecule has 17 heteroatoms. The van der Waals surface area contributed by atoms with Crippen LogP contribution in [0.2, 0.25) is 0 Å². The number of amides is 1. The summed E-state index contributed by atoms with van der Waals surface area (Å²) in [5, 5.41) is 12.7. The predicted octanol–water partition coefficient (Wildman–Crippen LogP) is 9.89. The lowest BCUT2D eigenvalue weighted by Gasteiger charge is -2.46. The van der Waals surface area contributed by atoms with E-state index in [4.69, 9.17) is 37.5 Å². The predicted molar refractivity (Wildman–Crippen MR) is 288 cm³/mol. The van der Waals surface area contributed by atoms with Crippen LogP contribution in [0.15, 0.2) is 143 Å². The Labute approximate surface area is 444 Å². The summed E-state index contributed by atoms with van der Waals surface area (Å²) in [4.78, 5) is 43.1. The number of rotatable bonds is 23. The highest BCUT2D eigenvalue weighted by atomic mass is 31.2. The molecule has 6 aromatic rings. The number of ether oxygens (including phenoxy) is 6. The smallest absolute Gasteiger partial charge is 0.407 e. The molecule has 3 heterocycles. The number of carbonyl (C=O) groups is 1. The van der Waals surface area contributed by atoms with Gasteiger partial charge in [0.1, 0.15) is 41.0 Å². The Hall–Kier alpha value is -6.67. The molecule has 1 aromatic heterocycles. The Kier molecular flexibility index (Phi) is 16.6. The second-order valence-corrected chi connectivity index (χ2v) is 21.3. The largest absolute Gasteiger partial charge is 0.497 e. The number of nitrogens with zero attached hydrogens (tertiary/aromatic N) is 3. The van der Waals surface area contributed by atoms with Crippen molar-refractivity contribution in [3.63, 3.8) is 0 Å². The van der Waals surface area contributed by atoms with Gasteiger partial charge >= 0.3 is 11.8 Å². The van der Waals surface area contributed by atoms with E-state index in [1.54, 1.807) is 21.1 Å². The van der Waals surface area contributed by atoms with E-state index in [1.807, 2.05) is 103 Å². The molecular formula is C59H66N5O11P. The molecule has 0 radical (unpaired) electrons. The summed E-state index contributed by atoms with van der Waals surface area (Å²) in [7, 11) is 1.22. The lowest BCUT2D eigenvalue weighted by molar-refractivity contribution is -0.210. The van der Waals surface area contributed by atoms with Crippen LogP contribution in [0.25, 0.3) is 11.1 Å². The van der Waals surface area contributed by atoms with Gasteiger partial charge in [-0.05, 0) is 111 Å². The van der Waals surface area contributed by atoms with E-state index in [9.17, 15) is 19.6 Å². The normalized spacial score (nSPS) is 20.1. The lowest BCUT2D eigenvalue weighted by Crippen LogP contribution is -2.58. The molecular weight excluding hydrogens is 986 g/mol. The molecule has 9 rings (SSSR count). The minimum absolute atomic E-state index is 0.0497. The quantitative estimate of drug-likeness (QED) is 0.0351. The van der Waals surface area contributed by atoms with Crippen molar-refractivity contribution in [2.45, 2.75) is 101 Å². The molecule has 2 aliphatic heterocycles. The standard InChI is InChI=1S/C59H66N5O11P/c1-39(2)64(40(3)4)76(73-34-16-32-60)75-58(31-15-33-61-56(67)70-36-51-49-21-13-11-19-47(49)48-20-12-14-22-50(48)51)52-54(63-35-41(5)53(65)62-55(63)66)74-57(58,37-71-52)38-72-59(42-17-9-8-10-18-42,43-23-27-45(68-6)28-24-43)44-25-29-46(69-7)30-26-44/h8-14,17-30,35,39-40,51-52,54H,15-16,31,33-34,36-38H2,1-7H3,(H,61,67)(H,62,65,66)/t52-,54+,57+,58-,76?/m0/s1. The van der Waals surface area contributed by atoms with Gasteiger partial charge in [0.15, 0.2) is 6.23 Å². The Morgan fingerprint density at radius 1 is 0.855 bits per heavy atom. The zero-order valence-corrected chi connectivity index (χ0v) is 44.9. The third-order valence-electron chi connectivity index (χ3n) is 14.7. The fraction of sp³-hybridized carbons (Fsp3) is 0.390. The number of fused-ring (bicyclic) bond motifs is 5. The first-order chi connectivity index (χ1) is 36.8. The average molecular weight is 1050 g/mol. The number of nitrogens with one attached hydrogen (secondary N) is 2. The maximum absolute atomic E-state index is 14.0. The second kappa shape index (κ2) is 23.3. The van der Waals surface area contributed by atoms with Gasteiger partial charge in [0.25, 0.3) is 14.1 Å².